The Morgan fingerprint density at radius 1 is 1.23 bits per heavy atom. The van der Waals surface area contributed by atoms with Crippen molar-refractivity contribution >= 4 is 56.5 Å². The van der Waals surface area contributed by atoms with Crippen LogP contribution in [0, 0.1) is 0 Å². The third-order valence-electron chi connectivity index (χ3n) is 3.87. The maximum absolute atomic E-state index is 12.6. The molecule has 134 valence electrons. The van der Waals surface area contributed by atoms with Gasteiger partial charge in [-0.25, -0.2) is 0 Å². The molecule has 1 saturated heterocycles. The van der Waals surface area contributed by atoms with Crippen LogP contribution in [0.15, 0.2) is 51.8 Å². The van der Waals surface area contributed by atoms with Gasteiger partial charge in [-0.3, -0.25) is 14.5 Å². The number of hydrogen-bond donors (Lipinski definition) is 0. The van der Waals surface area contributed by atoms with E-state index in [9.17, 15) is 9.59 Å². The standard InChI is InChI=1S/C19H15BrClNO3S/c1-25-17-13(9-14(20)11-15(17)21)10-16-18(23)22(19(24)26-16)8-7-12-5-3-2-4-6-12/h2-6,9-11H,7-8H2,1H3/b16-10-. The predicted molar refractivity (Wildman–Crippen MR) is 109 cm³/mol. The predicted octanol–water partition coefficient (Wildman–Crippen LogP) is 5.39. The Kier molecular flexibility index (Phi) is 6.06. The minimum atomic E-state index is -0.297. The number of ether oxygens (including phenoxy) is 1. The van der Waals surface area contributed by atoms with Gasteiger partial charge in [-0.05, 0) is 42.0 Å². The highest BCUT2D eigenvalue weighted by molar-refractivity contribution is 9.10. The van der Waals surface area contributed by atoms with E-state index in [0.29, 0.717) is 34.2 Å². The Morgan fingerprint density at radius 2 is 1.96 bits per heavy atom. The molecule has 0 atom stereocenters. The highest BCUT2D eigenvalue weighted by atomic mass is 79.9. The van der Waals surface area contributed by atoms with Crippen molar-refractivity contribution in [3.05, 3.63) is 68.0 Å². The van der Waals surface area contributed by atoms with Crippen LogP contribution in [0.5, 0.6) is 5.75 Å². The van der Waals surface area contributed by atoms with Crippen molar-refractivity contribution in [1.82, 2.24) is 4.90 Å². The van der Waals surface area contributed by atoms with Gasteiger partial charge in [-0.15, -0.1) is 0 Å². The summed E-state index contributed by atoms with van der Waals surface area (Å²) in [7, 11) is 1.51. The number of carbonyl (C=O) groups is 2. The van der Waals surface area contributed by atoms with Crippen molar-refractivity contribution in [2.45, 2.75) is 6.42 Å². The van der Waals surface area contributed by atoms with E-state index in [1.165, 1.54) is 12.0 Å². The number of hydrogen-bond acceptors (Lipinski definition) is 4. The van der Waals surface area contributed by atoms with Crippen LogP contribution in [0.1, 0.15) is 11.1 Å². The quantitative estimate of drug-likeness (QED) is 0.571. The normalized spacial score (nSPS) is 15.8. The minimum absolute atomic E-state index is 0.266. The minimum Gasteiger partial charge on any atom is -0.495 e. The van der Waals surface area contributed by atoms with Crippen LogP contribution in [-0.4, -0.2) is 29.7 Å². The zero-order chi connectivity index (χ0) is 18.7. The first-order valence-corrected chi connectivity index (χ1v) is 9.80. The molecule has 0 saturated carbocycles. The van der Waals surface area contributed by atoms with Crippen LogP contribution in [-0.2, 0) is 11.2 Å². The van der Waals surface area contributed by atoms with Gasteiger partial charge in [0.15, 0.2) is 0 Å². The number of imide groups is 1. The van der Waals surface area contributed by atoms with Gasteiger partial charge in [-0.1, -0.05) is 57.9 Å². The lowest BCUT2D eigenvalue weighted by Crippen LogP contribution is -2.30. The van der Waals surface area contributed by atoms with Crippen molar-refractivity contribution in [1.29, 1.82) is 0 Å². The lowest BCUT2D eigenvalue weighted by atomic mass is 10.1. The van der Waals surface area contributed by atoms with E-state index >= 15 is 0 Å². The largest absolute Gasteiger partial charge is 0.495 e. The first kappa shape index (κ1) is 19.0. The second kappa shape index (κ2) is 8.29. The maximum atomic E-state index is 12.6. The summed E-state index contributed by atoms with van der Waals surface area (Å²) in [6.45, 7) is 0.350. The van der Waals surface area contributed by atoms with Gasteiger partial charge in [0.1, 0.15) is 5.75 Å². The van der Waals surface area contributed by atoms with Crippen LogP contribution in [0.4, 0.5) is 4.79 Å². The number of rotatable bonds is 5. The summed E-state index contributed by atoms with van der Waals surface area (Å²) in [6, 6.07) is 13.3. The van der Waals surface area contributed by atoms with Gasteiger partial charge in [-0.2, -0.15) is 0 Å². The van der Waals surface area contributed by atoms with E-state index < -0.39 is 0 Å². The van der Waals surface area contributed by atoms with Crippen LogP contribution in [0.25, 0.3) is 6.08 Å². The second-order valence-corrected chi connectivity index (χ2v) is 7.90. The fraction of sp³-hybridized carbons (Fsp3) is 0.158. The fourth-order valence-electron chi connectivity index (χ4n) is 2.62. The molecular weight excluding hydrogens is 438 g/mol. The van der Waals surface area contributed by atoms with Gasteiger partial charge in [0.05, 0.1) is 17.0 Å². The number of thioether (sulfide) groups is 1. The molecule has 0 aliphatic carbocycles. The van der Waals surface area contributed by atoms with Gasteiger partial charge >= 0.3 is 0 Å². The van der Waals surface area contributed by atoms with Crippen molar-refractivity contribution < 1.29 is 14.3 Å². The summed E-state index contributed by atoms with van der Waals surface area (Å²) in [5.41, 5.74) is 1.72. The number of nitrogens with zero attached hydrogens (tertiary/aromatic N) is 1. The molecule has 26 heavy (non-hydrogen) atoms. The second-order valence-electron chi connectivity index (χ2n) is 5.58. The summed E-state index contributed by atoms with van der Waals surface area (Å²) in [5, 5.41) is 0.161. The molecule has 2 amide bonds. The molecule has 0 N–H and O–H groups in total. The third-order valence-corrected chi connectivity index (χ3v) is 5.51. The molecule has 1 aliphatic rings. The summed E-state index contributed by atoms with van der Waals surface area (Å²) in [5.74, 6) is 0.167. The molecule has 0 spiro atoms. The lowest BCUT2D eigenvalue weighted by molar-refractivity contribution is -0.122. The van der Waals surface area contributed by atoms with Crippen LogP contribution >= 0.6 is 39.3 Å². The molecule has 4 nitrogen and oxygen atoms in total. The topological polar surface area (TPSA) is 46.6 Å². The molecular formula is C19H15BrClNO3S. The zero-order valence-electron chi connectivity index (χ0n) is 13.9. The van der Waals surface area contributed by atoms with Gasteiger partial charge < -0.3 is 4.74 Å². The highest BCUT2D eigenvalue weighted by Gasteiger charge is 2.34. The van der Waals surface area contributed by atoms with E-state index in [-0.39, 0.29) is 11.1 Å². The van der Waals surface area contributed by atoms with E-state index in [4.69, 9.17) is 16.3 Å². The zero-order valence-corrected chi connectivity index (χ0v) is 17.0. The maximum Gasteiger partial charge on any atom is 0.293 e. The van der Waals surface area contributed by atoms with Crippen molar-refractivity contribution in [2.75, 3.05) is 13.7 Å². The number of benzene rings is 2. The van der Waals surface area contributed by atoms with Crippen LogP contribution in [0.3, 0.4) is 0 Å². The summed E-state index contributed by atoms with van der Waals surface area (Å²) in [6.07, 6.45) is 2.26. The Bertz CT molecular complexity index is 886. The van der Waals surface area contributed by atoms with Crippen LogP contribution < -0.4 is 4.74 Å². The van der Waals surface area contributed by atoms with Crippen LogP contribution in [0.2, 0.25) is 5.02 Å². The highest BCUT2D eigenvalue weighted by Crippen LogP contribution is 2.37. The first-order chi connectivity index (χ1) is 12.5. The molecule has 1 aliphatic heterocycles. The third kappa shape index (κ3) is 4.14. The van der Waals surface area contributed by atoms with Gasteiger partial charge in [0, 0.05) is 16.6 Å². The molecule has 0 radical (unpaired) electrons. The molecule has 0 unspecified atom stereocenters. The van der Waals surface area contributed by atoms with E-state index in [0.717, 1.165) is 21.8 Å². The monoisotopic (exact) mass is 451 g/mol. The average molecular weight is 453 g/mol. The van der Waals surface area contributed by atoms with Crippen molar-refractivity contribution in [3.63, 3.8) is 0 Å². The Hall–Kier alpha value is -1.76. The Morgan fingerprint density at radius 3 is 2.65 bits per heavy atom. The number of carbonyl (C=O) groups excluding carboxylic acids is 2. The van der Waals surface area contributed by atoms with Crippen molar-refractivity contribution in [2.24, 2.45) is 0 Å². The molecule has 1 fully saturated rings. The molecule has 2 aromatic rings. The average Bonchev–Trinajstić information content (AvgIpc) is 2.87. The van der Waals surface area contributed by atoms with E-state index in [1.54, 1.807) is 18.2 Å². The van der Waals surface area contributed by atoms with Gasteiger partial charge in [0.2, 0.25) is 0 Å². The number of halogens is 2. The summed E-state index contributed by atoms with van der Waals surface area (Å²) < 4.78 is 6.08. The molecule has 0 bridgehead atoms. The van der Waals surface area contributed by atoms with E-state index in [2.05, 4.69) is 15.9 Å². The Labute approximate surface area is 169 Å². The molecule has 3 rings (SSSR count). The molecule has 1 heterocycles. The SMILES string of the molecule is COc1c(Cl)cc(Br)cc1/C=C1\SC(=O)N(CCc2ccccc2)C1=O. The summed E-state index contributed by atoms with van der Waals surface area (Å²) >= 11 is 10.5. The van der Waals surface area contributed by atoms with E-state index in [1.807, 2.05) is 30.3 Å². The molecule has 0 aromatic heterocycles. The number of amides is 2. The first-order valence-electron chi connectivity index (χ1n) is 7.82. The molecule has 2 aromatic carbocycles. The number of methoxy groups -OCH3 is 1. The molecule has 7 heteroatoms. The smallest absolute Gasteiger partial charge is 0.293 e. The lowest BCUT2D eigenvalue weighted by Gasteiger charge is -2.12. The fourth-order valence-corrected chi connectivity index (χ4v) is 4.39. The summed E-state index contributed by atoms with van der Waals surface area (Å²) in [4.78, 5) is 26.5. The van der Waals surface area contributed by atoms with Crippen molar-refractivity contribution in [3.8, 4) is 5.75 Å². The Balaban J connectivity index is 1.81. The van der Waals surface area contributed by atoms with Gasteiger partial charge in [0.25, 0.3) is 11.1 Å².